The van der Waals surface area contributed by atoms with Gasteiger partial charge in [-0.15, -0.1) is 0 Å². The number of allylic oxidation sites excluding steroid dienone is 2. The summed E-state index contributed by atoms with van der Waals surface area (Å²) in [5.41, 5.74) is 1.47. The predicted molar refractivity (Wildman–Crippen MR) is 120 cm³/mol. The van der Waals surface area contributed by atoms with Crippen molar-refractivity contribution in [1.82, 2.24) is 0 Å². The van der Waals surface area contributed by atoms with E-state index in [1.54, 1.807) is 0 Å². The summed E-state index contributed by atoms with van der Waals surface area (Å²) in [6, 6.07) is 10.9. The first-order valence-electron chi connectivity index (χ1n) is 9.66. The predicted octanol–water partition coefficient (Wildman–Crippen LogP) is 3.72. The summed E-state index contributed by atoms with van der Waals surface area (Å²) >= 11 is 0. The summed E-state index contributed by atoms with van der Waals surface area (Å²) < 4.78 is 28.7. The second kappa shape index (κ2) is 16.5. The van der Waals surface area contributed by atoms with Crippen LogP contribution in [0.25, 0.3) is 0 Å². The molecular weight excluding hydrogens is 419 g/mol. The fourth-order valence-corrected chi connectivity index (χ4v) is 3.61. The Kier molecular flexibility index (Phi) is 17.0. The molecule has 3 atom stereocenters. The second-order valence-electron chi connectivity index (χ2n) is 6.71. The number of hydrogen-bond donors (Lipinski definition) is 3. The molecule has 0 radical (unpaired) electrons. The van der Waals surface area contributed by atoms with Crippen LogP contribution in [0, 0.1) is 5.92 Å². The first-order valence-corrected chi connectivity index (χ1v) is 11.2. The molecule has 30 heavy (non-hydrogen) atoms. The van der Waals surface area contributed by atoms with Crippen molar-refractivity contribution >= 4 is 51.6 Å². The summed E-state index contributed by atoms with van der Waals surface area (Å²) in [5.74, 6) is -2.12. The molecule has 3 unspecified atom stereocenters. The van der Waals surface area contributed by atoms with E-state index in [4.69, 9.17) is 14.8 Å². The molecule has 9 heteroatoms. The van der Waals surface area contributed by atoms with Gasteiger partial charge in [0.15, 0.2) is 5.25 Å². The average molecular weight is 453 g/mol. The fourth-order valence-electron chi connectivity index (χ4n) is 3.01. The normalized spacial score (nSPS) is 14.0. The molecule has 0 fully saturated rings. The van der Waals surface area contributed by atoms with Crippen LogP contribution in [0.3, 0.4) is 0 Å². The maximum absolute atomic E-state index is 10.2. The molecule has 166 valence electrons. The third-order valence-electron chi connectivity index (χ3n) is 4.54. The summed E-state index contributed by atoms with van der Waals surface area (Å²) in [4.78, 5) is 20.0. The summed E-state index contributed by atoms with van der Waals surface area (Å²) in [5, 5.41) is 13.9. The molecule has 0 aromatic heterocycles. The zero-order chi connectivity index (χ0) is 22.4. The van der Waals surface area contributed by atoms with Gasteiger partial charge in [0.25, 0.3) is 10.1 Å². The van der Waals surface area contributed by atoms with Crippen molar-refractivity contribution < 1.29 is 32.8 Å². The van der Waals surface area contributed by atoms with Crippen LogP contribution in [-0.4, -0.2) is 69.9 Å². The fraction of sp³-hybridized carbons (Fsp3) is 0.524. The van der Waals surface area contributed by atoms with Crippen LogP contribution in [0.5, 0.6) is 0 Å². The SMILES string of the molecule is CC=CC(c1ccccc1)C(CC)CCCC.O=C(O)CC(C(=O)O)S(=O)(=O)O.[NaH]. The van der Waals surface area contributed by atoms with Crippen LogP contribution in [0.2, 0.25) is 0 Å². The maximum atomic E-state index is 10.2. The first-order chi connectivity index (χ1) is 13.6. The molecule has 0 aliphatic rings. The van der Waals surface area contributed by atoms with E-state index in [9.17, 15) is 18.0 Å². The van der Waals surface area contributed by atoms with Gasteiger partial charge in [-0.3, -0.25) is 14.1 Å². The molecule has 1 aromatic rings. The van der Waals surface area contributed by atoms with Crippen LogP contribution < -0.4 is 0 Å². The van der Waals surface area contributed by atoms with Crippen molar-refractivity contribution in [2.75, 3.05) is 0 Å². The summed E-state index contributed by atoms with van der Waals surface area (Å²) in [6.45, 7) is 6.72. The molecule has 1 aromatic carbocycles. The third kappa shape index (κ3) is 12.5. The zero-order valence-corrected chi connectivity index (χ0v) is 18.0. The Morgan fingerprint density at radius 3 is 2.00 bits per heavy atom. The molecule has 7 nitrogen and oxygen atoms in total. The van der Waals surface area contributed by atoms with Gasteiger partial charge >= 0.3 is 41.5 Å². The van der Waals surface area contributed by atoms with Crippen molar-refractivity contribution in [3.63, 3.8) is 0 Å². The Balaban J connectivity index is 0. The van der Waals surface area contributed by atoms with E-state index in [0.29, 0.717) is 5.92 Å². The molecule has 0 bridgehead atoms. The van der Waals surface area contributed by atoms with Crippen LogP contribution in [-0.2, 0) is 19.7 Å². The minimum atomic E-state index is -4.84. The zero-order valence-electron chi connectivity index (χ0n) is 17.2. The van der Waals surface area contributed by atoms with Crippen LogP contribution in [0.4, 0.5) is 0 Å². The third-order valence-corrected chi connectivity index (χ3v) is 5.63. The van der Waals surface area contributed by atoms with Crippen molar-refractivity contribution in [3.05, 3.63) is 48.0 Å². The van der Waals surface area contributed by atoms with Crippen LogP contribution in [0.15, 0.2) is 42.5 Å². The van der Waals surface area contributed by atoms with Gasteiger partial charge in [-0.2, -0.15) is 8.42 Å². The van der Waals surface area contributed by atoms with E-state index in [0.717, 1.165) is 5.92 Å². The second-order valence-corrected chi connectivity index (χ2v) is 8.31. The van der Waals surface area contributed by atoms with E-state index < -0.39 is 33.7 Å². The van der Waals surface area contributed by atoms with Crippen LogP contribution in [0.1, 0.15) is 64.4 Å². The Morgan fingerprint density at radius 2 is 1.67 bits per heavy atom. The molecule has 0 aliphatic carbocycles. The molecular formula is C21H33NaO7S. The molecule has 0 saturated heterocycles. The number of carboxylic acid groups (broad SMARTS) is 2. The molecule has 0 saturated carbocycles. The summed E-state index contributed by atoms with van der Waals surface area (Å²) in [6.07, 6.45) is 8.67. The Morgan fingerprint density at radius 1 is 1.10 bits per heavy atom. The van der Waals surface area contributed by atoms with Gasteiger partial charge in [-0.1, -0.05) is 75.6 Å². The number of unbranched alkanes of at least 4 members (excludes halogenated alkanes) is 1. The standard InChI is InChI=1S/C17H26.C4H6O7S.Na.H/c1-4-7-12-15(6-3)17(11-5-2)16-13-9-8-10-14-16;5-3(6)1-2(4(7)8)12(9,10)11;;/h5,8-11,13-15,17H,4,6-7,12H2,1-3H3;2H,1H2,(H,5,6)(H,7,8)(H,9,10,11);;. The molecule has 0 heterocycles. The van der Waals surface area contributed by atoms with E-state index in [2.05, 4.69) is 63.3 Å². The van der Waals surface area contributed by atoms with Gasteiger partial charge in [-0.05, 0) is 24.8 Å². The number of rotatable bonds is 11. The number of benzene rings is 1. The van der Waals surface area contributed by atoms with E-state index in [-0.39, 0.29) is 29.6 Å². The average Bonchev–Trinajstić information content (AvgIpc) is 2.65. The summed E-state index contributed by atoms with van der Waals surface area (Å²) in [7, 11) is -4.84. The Hall–Kier alpha value is -1.19. The van der Waals surface area contributed by atoms with Crippen molar-refractivity contribution in [2.24, 2.45) is 5.92 Å². The van der Waals surface area contributed by atoms with Crippen LogP contribution >= 0.6 is 0 Å². The van der Waals surface area contributed by atoms with Gasteiger partial charge in [-0.25, -0.2) is 0 Å². The monoisotopic (exact) mass is 452 g/mol. The van der Waals surface area contributed by atoms with Gasteiger partial charge in [0.05, 0.1) is 6.42 Å². The molecule has 0 amide bonds. The topological polar surface area (TPSA) is 129 Å². The quantitative estimate of drug-likeness (QED) is 0.265. The number of aliphatic carboxylic acids is 2. The van der Waals surface area contributed by atoms with E-state index in [1.807, 2.05) is 0 Å². The molecule has 1 rings (SSSR count). The molecule has 0 spiro atoms. The molecule has 3 N–H and O–H groups in total. The molecule has 0 aliphatic heterocycles. The van der Waals surface area contributed by atoms with Gasteiger partial charge in [0.1, 0.15) is 0 Å². The number of carboxylic acids is 2. The van der Waals surface area contributed by atoms with E-state index in [1.165, 1.54) is 31.2 Å². The number of hydrogen-bond acceptors (Lipinski definition) is 4. The van der Waals surface area contributed by atoms with Crippen molar-refractivity contribution in [2.45, 2.75) is 64.0 Å². The van der Waals surface area contributed by atoms with Gasteiger partial charge in [0, 0.05) is 5.92 Å². The Bertz CT molecular complexity index is 748. The first kappa shape index (κ1) is 31.0. The minimum absolute atomic E-state index is 0. The van der Waals surface area contributed by atoms with Gasteiger partial charge < -0.3 is 10.2 Å². The van der Waals surface area contributed by atoms with Crippen molar-refractivity contribution in [3.8, 4) is 0 Å². The van der Waals surface area contributed by atoms with Gasteiger partial charge in [0.2, 0.25) is 0 Å². The number of carbonyl (C=O) groups is 2. The van der Waals surface area contributed by atoms with Crippen molar-refractivity contribution in [1.29, 1.82) is 0 Å². The Labute approximate surface area is 201 Å². The van der Waals surface area contributed by atoms with E-state index >= 15 is 0 Å².